The molecule has 0 aliphatic heterocycles. The van der Waals surface area contributed by atoms with Gasteiger partial charge >= 0.3 is 0 Å². The molecule has 0 amide bonds. The summed E-state index contributed by atoms with van der Waals surface area (Å²) in [7, 11) is 1.99. The zero-order valence-corrected chi connectivity index (χ0v) is 10.7. The summed E-state index contributed by atoms with van der Waals surface area (Å²) in [6.45, 7) is 3.21. The van der Waals surface area contributed by atoms with Gasteiger partial charge in [0.15, 0.2) is 0 Å². The number of hydrogen-bond donors (Lipinski definition) is 2. The molecular weight excluding hydrogens is 239 g/mol. The highest BCUT2D eigenvalue weighted by Gasteiger charge is 1.91. The predicted octanol–water partition coefficient (Wildman–Crippen LogP) is 2.29. The lowest BCUT2D eigenvalue weighted by molar-refractivity contribution is 0.629. The van der Waals surface area contributed by atoms with Crippen LogP contribution >= 0.6 is 36.2 Å². The van der Waals surface area contributed by atoms with Gasteiger partial charge in [-0.15, -0.1) is 36.2 Å². The maximum absolute atomic E-state index is 3.39. The Morgan fingerprint density at radius 1 is 1.29 bits per heavy atom. The number of thiophene rings is 1. The van der Waals surface area contributed by atoms with E-state index in [1.165, 1.54) is 11.3 Å². The first-order valence-electron chi connectivity index (χ1n) is 4.31. The Morgan fingerprint density at radius 3 is 2.64 bits per heavy atom. The van der Waals surface area contributed by atoms with Crippen molar-refractivity contribution in [3.63, 3.8) is 0 Å². The molecule has 0 aromatic carbocycles. The van der Waals surface area contributed by atoms with Crippen molar-refractivity contribution in [1.82, 2.24) is 10.6 Å². The molecule has 0 aliphatic carbocycles. The van der Waals surface area contributed by atoms with E-state index in [1.54, 1.807) is 0 Å². The third-order valence-corrected chi connectivity index (χ3v) is 2.54. The molecule has 14 heavy (non-hydrogen) atoms. The molecule has 0 aliphatic rings. The second kappa shape index (κ2) is 11.3. The molecule has 0 spiro atoms. The van der Waals surface area contributed by atoms with Gasteiger partial charge in [0.2, 0.25) is 0 Å². The van der Waals surface area contributed by atoms with E-state index in [2.05, 4.69) is 28.1 Å². The van der Waals surface area contributed by atoms with Crippen molar-refractivity contribution in [2.75, 3.05) is 20.1 Å². The molecule has 2 nitrogen and oxygen atoms in total. The van der Waals surface area contributed by atoms with Crippen LogP contribution in [0.1, 0.15) is 11.3 Å². The van der Waals surface area contributed by atoms with Gasteiger partial charge in [-0.05, 0) is 38.0 Å². The zero-order valence-electron chi connectivity index (χ0n) is 8.29. The summed E-state index contributed by atoms with van der Waals surface area (Å²) < 4.78 is 0. The van der Waals surface area contributed by atoms with Crippen molar-refractivity contribution in [2.45, 2.75) is 13.0 Å². The minimum Gasteiger partial charge on any atom is -0.320 e. The van der Waals surface area contributed by atoms with Crippen molar-refractivity contribution in [3.05, 3.63) is 22.4 Å². The summed E-state index contributed by atoms with van der Waals surface area (Å²) in [5.74, 6) is 0. The van der Waals surface area contributed by atoms with E-state index < -0.39 is 0 Å². The standard InChI is InChI=1S/C9H16N2S.2ClH/c1-10-5-3-6-11-8-9-4-2-7-12-9;;/h2,4,7,10-11H,3,5-6,8H2,1H3;2*1H. The van der Waals surface area contributed by atoms with Crippen LogP contribution in [-0.2, 0) is 6.54 Å². The Bertz CT molecular complexity index is 193. The molecule has 84 valence electrons. The average molecular weight is 257 g/mol. The van der Waals surface area contributed by atoms with Gasteiger partial charge in [0.1, 0.15) is 0 Å². The molecule has 0 atom stereocenters. The van der Waals surface area contributed by atoms with E-state index in [4.69, 9.17) is 0 Å². The van der Waals surface area contributed by atoms with Crippen molar-refractivity contribution in [3.8, 4) is 0 Å². The van der Waals surface area contributed by atoms with Crippen LogP contribution in [0, 0.1) is 0 Å². The zero-order chi connectivity index (χ0) is 8.65. The summed E-state index contributed by atoms with van der Waals surface area (Å²) >= 11 is 1.81. The largest absolute Gasteiger partial charge is 0.320 e. The molecule has 0 bridgehead atoms. The van der Waals surface area contributed by atoms with Crippen LogP contribution in [0.4, 0.5) is 0 Å². The Labute approximate surface area is 102 Å². The minimum absolute atomic E-state index is 0. The summed E-state index contributed by atoms with van der Waals surface area (Å²) in [5, 5.41) is 8.63. The van der Waals surface area contributed by atoms with E-state index in [0.717, 1.165) is 19.6 Å². The fourth-order valence-electron chi connectivity index (χ4n) is 1.01. The van der Waals surface area contributed by atoms with E-state index in [0.29, 0.717) is 0 Å². The Morgan fingerprint density at radius 2 is 2.07 bits per heavy atom. The number of hydrogen-bond acceptors (Lipinski definition) is 3. The fraction of sp³-hybridized carbons (Fsp3) is 0.556. The van der Waals surface area contributed by atoms with Crippen molar-refractivity contribution in [1.29, 1.82) is 0 Å². The van der Waals surface area contributed by atoms with Crippen LogP contribution in [0.25, 0.3) is 0 Å². The van der Waals surface area contributed by atoms with Gasteiger partial charge in [0.25, 0.3) is 0 Å². The van der Waals surface area contributed by atoms with Gasteiger partial charge in [0, 0.05) is 11.4 Å². The van der Waals surface area contributed by atoms with Crippen LogP contribution in [0.5, 0.6) is 0 Å². The number of halogens is 2. The van der Waals surface area contributed by atoms with E-state index >= 15 is 0 Å². The van der Waals surface area contributed by atoms with Crippen molar-refractivity contribution >= 4 is 36.2 Å². The maximum atomic E-state index is 3.39. The van der Waals surface area contributed by atoms with E-state index in [1.807, 2.05) is 18.4 Å². The third kappa shape index (κ3) is 7.59. The molecule has 0 unspecified atom stereocenters. The summed E-state index contributed by atoms with van der Waals surface area (Å²) in [6.07, 6.45) is 1.20. The molecule has 1 aromatic rings. The normalized spacial score (nSPS) is 8.93. The van der Waals surface area contributed by atoms with Crippen LogP contribution in [-0.4, -0.2) is 20.1 Å². The van der Waals surface area contributed by atoms with Gasteiger partial charge in [-0.1, -0.05) is 6.07 Å². The molecule has 2 N–H and O–H groups in total. The van der Waals surface area contributed by atoms with Gasteiger partial charge < -0.3 is 10.6 Å². The fourth-order valence-corrected chi connectivity index (χ4v) is 1.69. The highest BCUT2D eigenvalue weighted by Crippen LogP contribution is 2.06. The number of rotatable bonds is 6. The van der Waals surface area contributed by atoms with Crippen LogP contribution in [0.3, 0.4) is 0 Å². The van der Waals surface area contributed by atoms with Crippen LogP contribution in [0.15, 0.2) is 17.5 Å². The first-order chi connectivity index (χ1) is 5.93. The summed E-state index contributed by atoms with van der Waals surface area (Å²) in [4.78, 5) is 1.42. The molecular formula is C9H18Cl2N2S. The lowest BCUT2D eigenvalue weighted by Gasteiger charge is -2.01. The monoisotopic (exact) mass is 256 g/mol. The van der Waals surface area contributed by atoms with E-state index in [9.17, 15) is 0 Å². The summed E-state index contributed by atoms with van der Waals surface area (Å²) in [5.41, 5.74) is 0. The Kier molecular flexibility index (Phi) is 13.4. The van der Waals surface area contributed by atoms with Gasteiger partial charge in [-0.25, -0.2) is 0 Å². The molecule has 0 fully saturated rings. The molecule has 0 saturated heterocycles. The first kappa shape index (κ1) is 16.6. The van der Waals surface area contributed by atoms with Gasteiger partial charge in [-0.3, -0.25) is 0 Å². The molecule has 5 heteroatoms. The topological polar surface area (TPSA) is 24.1 Å². The maximum Gasteiger partial charge on any atom is 0.0299 e. The minimum atomic E-state index is 0. The lowest BCUT2D eigenvalue weighted by Crippen LogP contribution is -2.18. The predicted molar refractivity (Wildman–Crippen MR) is 69.1 cm³/mol. The third-order valence-electron chi connectivity index (χ3n) is 1.66. The molecule has 0 saturated carbocycles. The smallest absolute Gasteiger partial charge is 0.0299 e. The number of nitrogens with one attached hydrogen (secondary N) is 2. The highest BCUT2D eigenvalue weighted by molar-refractivity contribution is 7.09. The van der Waals surface area contributed by atoms with Gasteiger partial charge in [0.05, 0.1) is 0 Å². The Hall–Kier alpha value is 0.200. The second-order valence-electron chi connectivity index (χ2n) is 2.71. The van der Waals surface area contributed by atoms with Crippen molar-refractivity contribution in [2.24, 2.45) is 0 Å². The molecule has 1 heterocycles. The van der Waals surface area contributed by atoms with Gasteiger partial charge in [-0.2, -0.15) is 0 Å². The molecule has 1 aromatic heterocycles. The SMILES string of the molecule is CNCCCNCc1cccs1.Cl.Cl. The van der Waals surface area contributed by atoms with Crippen molar-refractivity contribution < 1.29 is 0 Å². The highest BCUT2D eigenvalue weighted by atomic mass is 35.5. The average Bonchev–Trinajstić information content (AvgIpc) is 2.57. The second-order valence-corrected chi connectivity index (χ2v) is 3.75. The van der Waals surface area contributed by atoms with E-state index in [-0.39, 0.29) is 24.8 Å². The Balaban J connectivity index is 0. The first-order valence-corrected chi connectivity index (χ1v) is 5.19. The summed E-state index contributed by atoms with van der Waals surface area (Å²) in [6, 6.07) is 4.25. The quantitative estimate of drug-likeness (QED) is 0.764. The van der Waals surface area contributed by atoms with Crippen LogP contribution in [0.2, 0.25) is 0 Å². The lowest BCUT2D eigenvalue weighted by atomic mass is 10.4. The molecule has 1 rings (SSSR count). The molecule has 0 radical (unpaired) electrons. The van der Waals surface area contributed by atoms with Crippen LogP contribution < -0.4 is 10.6 Å².